The van der Waals surface area contributed by atoms with Gasteiger partial charge in [-0.3, -0.25) is 4.79 Å². The third-order valence-electron chi connectivity index (χ3n) is 6.07. The van der Waals surface area contributed by atoms with Crippen LogP contribution in [0.3, 0.4) is 0 Å². The number of amides is 2. The minimum atomic E-state index is -0.497. The second kappa shape index (κ2) is 9.67. The standard InChI is InChI=1S/C21H26BrN5O4/c1-23-20(28)18-8-17(31-26-18)12-30-21(29)24-5-4-13-6-14-10-27(11-15(14)7-13)19-3-2-16(22)9-25-19/h2-3,8-9,13-15H,4-7,10-12H2,1H3,(H,23,28)(H,24,29). The Morgan fingerprint density at radius 2 is 2.06 bits per heavy atom. The van der Waals surface area contributed by atoms with Crippen molar-refractivity contribution in [2.24, 2.45) is 17.8 Å². The maximum Gasteiger partial charge on any atom is 0.407 e. The number of nitrogens with one attached hydrogen (secondary N) is 2. The summed E-state index contributed by atoms with van der Waals surface area (Å²) in [6.45, 7) is 2.63. The summed E-state index contributed by atoms with van der Waals surface area (Å²) < 4.78 is 11.1. The van der Waals surface area contributed by atoms with Gasteiger partial charge in [0, 0.05) is 43.4 Å². The van der Waals surface area contributed by atoms with Crippen molar-refractivity contribution in [3.63, 3.8) is 0 Å². The third kappa shape index (κ3) is 5.36. The number of pyridine rings is 1. The molecule has 1 aliphatic heterocycles. The number of rotatable bonds is 7. The molecule has 2 fully saturated rings. The van der Waals surface area contributed by atoms with E-state index in [4.69, 9.17) is 9.26 Å². The summed E-state index contributed by atoms with van der Waals surface area (Å²) in [7, 11) is 1.51. The van der Waals surface area contributed by atoms with Gasteiger partial charge in [0.1, 0.15) is 5.82 Å². The summed E-state index contributed by atoms with van der Waals surface area (Å²) in [5.41, 5.74) is 0.155. The van der Waals surface area contributed by atoms with Crippen LogP contribution in [0.15, 0.2) is 33.4 Å². The zero-order valence-corrected chi connectivity index (χ0v) is 18.9. The highest BCUT2D eigenvalue weighted by molar-refractivity contribution is 9.10. The summed E-state index contributed by atoms with van der Waals surface area (Å²) in [5, 5.41) is 8.88. The van der Waals surface area contributed by atoms with Gasteiger partial charge in [-0.1, -0.05) is 5.16 Å². The molecule has 2 N–H and O–H groups in total. The molecule has 31 heavy (non-hydrogen) atoms. The van der Waals surface area contributed by atoms with E-state index < -0.39 is 6.09 Å². The molecule has 0 spiro atoms. The van der Waals surface area contributed by atoms with Crippen LogP contribution in [0.4, 0.5) is 10.6 Å². The predicted octanol–water partition coefficient (Wildman–Crippen LogP) is 2.97. The van der Waals surface area contributed by atoms with Crippen molar-refractivity contribution in [1.29, 1.82) is 0 Å². The minimum Gasteiger partial charge on any atom is -0.441 e. The monoisotopic (exact) mass is 491 g/mol. The molecule has 0 radical (unpaired) electrons. The number of nitrogens with zero attached hydrogens (tertiary/aromatic N) is 3. The van der Waals surface area contributed by atoms with Crippen LogP contribution >= 0.6 is 15.9 Å². The molecule has 0 aromatic carbocycles. The van der Waals surface area contributed by atoms with E-state index in [2.05, 4.69) is 47.7 Å². The van der Waals surface area contributed by atoms with Crippen LogP contribution in [0.25, 0.3) is 0 Å². The van der Waals surface area contributed by atoms with Crippen LogP contribution in [-0.2, 0) is 11.3 Å². The molecule has 10 heteroatoms. The van der Waals surface area contributed by atoms with E-state index >= 15 is 0 Å². The summed E-state index contributed by atoms with van der Waals surface area (Å²) >= 11 is 3.43. The smallest absolute Gasteiger partial charge is 0.407 e. The van der Waals surface area contributed by atoms with E-state index in [-0.39, 0.29) is 18.2 Å². The number of anilines is 1. The average molecular weight is 492 g/mol. The number of alkyl carbamates (subject to hydrolysis) is 1. The first-order valence-corrected chi connectivity index (χ1v) is 11.3. The van der Waals surface area contributed by atoms with E-state index in [9.17, 15) is 9.59 Å². The molecule has 2 amide bonds. The number of hydrogen-bond donors (Lipinski definition) is 2. The van der Waals surface area contributed by atoms with E-state index in [1.807, 2.05) is 12.3 Å². The molecule has 1 saturated heterocycles. The normalized spacial score (nSPS) is 22.3. The molecule has 1 saturated carbocycles. The van der Waals surface area contributed by atoms with Gasteiger partial charge in [0.25, 0.3) is 5.91 Å². The van der Waals surface area contributed by atoms with Gasteiger partial charge >= 0.3 is 6.09 Å². The van der Waals surface area contributed by atoms with Crippen LogP contribution < -0.4 is 15.5 Å². The van der Waals surface area contributed by atoms with Crippen molar-refractivity contribution >= 4 is 33.7 Å². The van der Waals surface area contributed by atoms with E-state index in [0.717, 1.165) is 29.8 Å². The van der Waals surface area contributed by atoms with Crippen LogP contribution in [-0.4, -0.2) is 48.8 Å². The lowest BCUT2D eigenvalue weighted by Gasteiger charge is -2.20. The zero-order chi connectivity index (χ0) is 21.8. The minimum absolute atomic E-state index is 0.0661. The maximum atomic E-state index is 11.9. The van der Waals surface area contributed by atoms with E-state index in [1.165, 1.54) is 26.0 Å². The molecule has 166 valence electrons. The summed E-state index contributed by atoms with van der Waals surface area (Å²) in [6, 6.07) is 5.56. The Morgan fingerprint density at radius 3 is 2.74 bits per heavy atom. The molecule has 2 aromatic rings. The molecule has 2 aromatic heterocycles. The van der Waals surface area contributed by atoms with Gasteiger partial charge in [-0.2, -0.15) is 0 Å². The van der Waals surface area contributed by atoms with Crippen LogP contribution in [0.5, 0.6) is 0 Å². The lowest BCUT2D eigenvalue weighted by Crippen LogP contribution is -2.27. The van der Waals surface area contributed by atoms with Crippen molar-refractivity contribution in [3.8, 4) is 0 Å². The first-order valence-electron chi connectivity index (χ1n) is 10.5. The molecule has 3 heterocycles. The number of fused-ring (bicyclic) bond motifs is 1. The molecule has 9 nitrogen and oxygen atoms in total. The largest absolute Gasteiger partial charge is 0.441 e. The number of ether oxygens (including phenoxy) is 1. The quantitative estimate of drug-likeness (QED) is 0.612. The Morgan fingerprint density at radius 1 is 1.29 bits per heavy atom. The van der Waals surface area contributed by atoms with Gasteiger partial charge in [0.15, 0.2) is 18.1 Å². The van der Waals surface area contributed by atoms with Crippen molar-refractivity contribution < 1.29 is 18.8 Å². The van der Waals surface area contributed by atoms with E-state index in [0.29, 0.717) is 30.1 Å². The molecule has 4 rings (SSSR count). The van der Waals surface area contributed by atoms with Crippen molar-refractivity contribution in [2.45, 2.75) is 25.9 Å². The number of carbonyl (C=O) groups is 2. The van der Waals surface area contributed by atoms with Crippen LogP contribution in [0.1, 0.15) is 35.5 Å². The number of carbonyl (C=O) groups excluding carboxylic acids is 2. The van der Waals surface area contributed by atoms with Crippen molar-refractivity contribution in [3.05, 3.63) is 40.3 Å². The molecular weight excluding hydrogens is 466 g/mol. The highest BCUT2D eigenvalue weighted by Crippen LogP contribution is 2.43. The van der Waals surface area contributed by atoms with Crippen molar-refractivity contribution in [1.82, 2.24) is 20.8 Å². The van der Waals surface area contributed by atoms with Crippen LogP contribution in [0.2, 0.25) is 0 Å². The fraction of sp³-hybridized carbons (Fsp3) is 0.524. The lowest BCUT2D eigenvalue weighted by molar-refractivity contribution is 0.0952. The Hall–Kier alpha value is -2.62. The molecule has 0 bridgehead atoms. The number of halogens is 1. The Balaban J connectivity index is 1.13. The van der Waals surface area contributed by atoms with Gasteiger partial charge < -0.3 is 24.8 Å². The van der Waals surface area contributed by atoms with Gasteiger partial charge in [-0.15, -0.1) is 0 Å². The van der Waals surface area contributed by atoms with Gasteiger partial charge in [-0.05, 0) is 65.1 Å². The first-order chi connectivity index (χ1) is 15.0. The van der Waals surface area contributed by atoms with Gasteiger partial charge in [0.2, 0.25) is 0 Å². The summed E-state index contributed by atoms with van der Waals surface area (Å²) in [6.07, 6.45) is 4.68. The topological polar surface area (TPSA) is 110 Å². The highest BCUT2D eigenvalue weighted by atomic mass is 79.9. The molecule has 2 atom stereocenters. The van der Waals surface area contributed by atoms with Gasteiger partial charge in [0.05, 0.1) is 0 Å². The van der Waals surface area contributed by atoms with Crippen LogP contribution in [0, 0.1) is 17.8 Å². The lowest BCUT2D eigenvalue weighted by atomic mass is 10.0. The third-order valence-corrected chi connectivity index (χ3v) is 6.54. The summed E-state index contributed by atoms with van der Waals surface area (Å²) in [5.74, 6) is 3.04. The first kappa shape index (κ1) is 21.6. The molecular formula is C21H26BrN5O4. The van der Waals surface area contributed by atoms with Gasteiger partial charge in [-0.25, -0.2) is 9.78 Å². The maximum absolute atomic E-state index is 11.9. The fourth-order valence-corrected chi connectivity index (χ4v) is 4.82. The predicted molar refractivity (Wildman–Crippen MR) is 117 cm³/mol. The number of aromatic nitrogens is 2. The Bertz CT molecular complexity index is 905. The van der Waals surface area contributed by atoms with E-state index in [1.54, 1.807) is 0 Å². The second-order valence-electron chi connectivity index (χ2n) is 8.15. The second-order valence-corrected chi connectivity index (χ2v) is 9.06. The Labute approximate surface area is 189 Å². The molecule has 2 aliphatic rings. The zero-order valence-electron chi connectivity index (χ0n) is 17.3. The average Bonchev–Trinajstić information content (AvgIpc) is 3.47. The highest BCUT2D eigenvalue weighted by Gasteiger charge is 2.40. The Kier molecular flexibility index (Phi) is 6.74. The SMILES string of the molecule is CNC(=O)c1cc(COC(=O)NCCC2CC3CN(c4ccc(Br)cn4)CC3C2)on1. The number of hydrogen-bond acceptors (Lipinski definition) is 7. The molecule has 2 unspecified atom stereocenters. The fourth-order valence-electron chi connectivity index (χ4n) is 4.59. The summed E-state index contributed by atoms with van der Waals surface area (Å²) in [4.78, 5) is 30.3. The molecule has 1 aliphatic carbocycles. The van der Waals surface area contributed by atoms with Crippen molar-refractivity contribution in [2.75, 3.05) is 31.6 Å².